The van der Waals surface area contributed by atoms with Gasteiger partial charge in [-0.2, -0.15) is 8.42 Å². The third-order valence-electron chi connectivity index (χ3n) is 4.10. The van der Waals surface area contributed by atoms with Crippen LogP contribution in [0.25, 0.3) is 0 Å². The first-order chi connectivity index (χ1) is 12.5. The molecule has 0 unspecified atom stereocenters. The van der Waals surface area contributed by atoms with Crippen LogP contribution in [-0.4, -0.2) is 50.6 Å². The van der Waals surface area contributed by atoms with Crippen LogP contribution in [0.3, 0.4) is 0 Å². The number of hydrogen-bond donors (Lipinski definition) is 0. The number of hydrogen-bond acceptors (Lipinski definition) is 5. The van der Waals surface area contributed by atoms with E-state index in [9.17, 15) is 13.2 Å². The summed E-state index contributed by atoms with van der Waals surface area (Å²) in [5.41, 5.74) is 0. The Kier molecular flexibility index (Phi) is 22.6. The maximum atomic E-state index is 11.4. The molecular formula is C20H39NaO5S. The zero-order valence-electron chi connectivity index (χ0n) is 16.7. The van der Waals surface area contributed by atoms with Gasteiger partial charge in [0.1, 0.15) is 0 Å². The summed E-state index contributed by atoms with van der Waals surface area (Å²) >= 11 is 0. The molecule has 156 valence electrons. The Hall–Kier alpha value is 0.120. The molecule has 0 atom stereocenters. The van der Waals surface area contributed by atoms with Crippen LogP contribution in [0.15, 0.2) is 12.2 Å². The minimum atomic E-state index is -4.16. The molecule has 0 bridgehead atoms. The van der Waals surface area contributed by atoms with E-state index in [1.54, 1.807) is 0 Å². The van der Waals surface area contributed by atoms with Crippen LogP contribution in [0.1, 0.15) is 104 Å². The molecule has 0 aliphatic rings. The van der Waals surface area contributed by atoms with Crippen molar-refractivity contribution in [1.29, 1.82) is 0 Å². The van der Waals surface area contributed by atoms with Crippen LogP contribution in [0, 0.1) is 0 Å². The predicted octanol–water partition coefficient (Wildman–Crippen LogP) is 5.20. The summed E-state index contributed by atoms with van der Waals surface area (Å²) in [7, 11) is -4.16. The zero-order chi connectivity index (χ0) is 19.5. The van der Waals surface area contributed by atoms with Crippen LogP contribution in [0.5, 0.6) is 0 Å². The minimum absolute atomic E-state index is 0. The van der Waals surface area contributed by atoms with Gasteiger partial charge in [0.25, 0.3) is 0 Å². The van der Waals surface area contributed by atoms with Gasteiger partial charge in [-0.1, -0.05) is 70.4 Å². The van der Waals surface area contributed by atoms with Crippen molar-refractivity contribution in [2.45, 2.75) is 104 Å². The Morgan fingerprint density at radius 3 is 1.78 bits per heavy atom. The predicted molar refractivity (Wildman–Crippen MR) is 113 cm³/mol. The van der Waals surface area contributed by atoms with Crippen LogP contribution in [-0.2, 0) is 23.6 Å². The molecule has 0 aliphatic heterocycles. The molecule has 0 saturated carbocycles. The standard InChI is InChI=1S/C20H38O5S.Na.H/c1-3-5-6-7-8-9-10-11-12-13-14-15-16-17-18-19-20(21)25-26(22,23)24-4-2;;/h11-12H,3-10,13-19H2,1-2H3;;/b12-11-;;. The molecule has 0 aromatic rings. The molecule has 0 aromatic carbocycles. The molecule has 0 rings (SSSR count). The van der Waals surface area contributed by atoms with Crippen LogP contribution in [0.2, 0.25) is 0 Å². The van der Waals surface area contributed by atoms with E-state index in [0.717, 1.165) is 32.1 Å². The monoisotopic (exact) mass is 414 g/mol. The summed E-state index contributed by atoms with van der Waals surface area (Å²) in [5, 5.41) is 0. The second-order valence-electron chi connectivity index (χ2n) is 6.60. The molecule has 0 aliphatic carbocycles. The van der Waals surface area contributed by atoms with Crippen molar-refractivity contribution in [3.05, 3.63) is 12.2 Å². The zero-order valence-corrected chi connectivity index (χ0v) is 17.5. The summed E-state index contributed by atoms with van der Waals surface area (Å²) in [6.45, 7) is 3.73. The first-order valence-electron chi connectivity index (χ1n) is 10.3. The third-order valence-corrected chi connectivity index (χ3v) is 5.01. The van der Waals surface area contributed by atoms with Gasteiger partial charge in [-0.15, -0.1) is 0 Å². The van der Waals surface area contributed by atoms with Gasteiger partial charge in [-0.25, -0.2) is 4.18 Å². The number of carbonyl (C=O) groups excluding carboxylic acids is 1. The van der Waals surface area contributed by atoms with E-state index >= 15 is 0 Å². The first kappa shape index (κ1) is 29.3. The van der Waals surface area contributed by atoms with E-state index < -0.39 is 16.4 Å². The molecule has 0 heterocycles. The number of unbranched alkanes of at least 4 members (excludes halogenated alkanes) is 11. The van der Waals surface area contributed by atoms with Gasteiger partial charge in [0, 0.05) is 6.42 Å². The molecule has 7 heteroatoms. The maximum absolute atomic E-state index is 11.4. The Labute approximate surface area is 189 Å². The fourth-order valence-corrected chi connectivity index (χ4v) is 3.31. The van der Waals surface area contributed by atoms with Gasteiger partial charge >= 0.3 is 45.9 Å². The first-order valence-corrected chi connectivity index (χ1v) is 11.6. The van der Waals surface area contributed by atoms with E-state index in [1.165, 1.54) is 51.9 Å². The van der Waals surface area contributed by atoms with Crippen LogP contribution < -0.4 is 0 Å². The van der Waals surface area contributed by atoms with Crippen molar-refractivity contribution in [3.8, 4) is 0 Å². The summed E-state index contributed by atoms with van der Waals surface area (Å²) < 4.78 is 30.9. The van der Waals surface area contributed by atoms with Crippen molar-refractivity contribution < 1.29 is 21.6 Å². The van der Waals surface area contributed by atoms with E-state index in [4.69, 9.17) is 0 Å². The van der Waals surface area contributed by atoms with Gasteiger partial charge in [0.15, 0.2) is 0 Å². The van der Waals surface area contributed by atoms with Crippen LogP contribution >= 0.6 is 0 Å². The van der Waals surface area contributed by atoms with Crippen LogP contribution in [0.4, 0.5) is 0 Å². The van der Waals surface area contributed by atoms with E-state index in [0.29, 0.717) is 6.42 Å². The van der Waals surface area contributed by atoms with Crippen molar-refractivity contribution in [3.63, 3.8) is 0 Å². The van der Waals surface area contributed by atoms with Crippen molar-refractivity contribution in [1.82, 2.24) is 0 Å². The van der Waals surface area contributed by atoms with E-state index in [-0.39, 0.29) is 42.6 Å². The second kappa shape index (κ2) is 20.8. The fourth-order valence-electron chi connectivity index (χ4n) is 2.66. The summed E-state index contributed by atoms with van der Waals surface area (Å²) in [6, 6.07) is 0. The molecule has 0 spiro atoms. The third kappa shape index (κ3) is 22.3. The SMILES string of the molecule is CCCCCCCC/C=C\CCCCCCCC(=O)OS(=O)(=O)OCC.[NaH]. The average molecular weight is 415 g/mol. The molecule has 0 aromatic heterocycles. The van der Waals surface area contributed by atoms with Gasteiger partial charge in [-0.05, 0) is 39.0 Å². The second-order valence-corrected chi connectivity index (χ2v) is 7.82. The Morgan fingerprint density at radius 1 is 0.778 bits per heavy atom. The van der Waals surface area contributed by atoms with Gasteiger partial charge in [-0.3, -0.25) is 4.79 Å². The normalized spacial score (nSPS) is 11.5. The summed E-state index contributed by atoms with van der Waals surface area (Å²) in [5.74, 6) is -0.740. The number of allylic oxidation sites excluding steroid dienone is 2. The summed E-state index contributed by atoms with van der Waals surface area (Å²) in [6.07, 6.45) is 20.0. The average Bonchev–Trinajstić information content (AvgIpc) is 2.57. The molecule has 0 saturated heterocycles. The molecule has 27 heavy (non-hydrogen) atoms. The molecule has 0 fully saturated rings. The number of carbonyl (C=O) groups is 1. The Balaban J connectivity index is 0. The van der Waals surface area contributed by atoms with Crippen molar-refractivity contribution >= 4 is 45.9 Å². The Bertz CT molecular complexity index is 463. The Morgan fingerprint density at radius 2 is 1.26 bits per heavy atom. The molecule has 5 nitrogen and oxygen atoms in total. The van der Waals surface area contributed by atoms with Gasteiger partial charge in [0.05, 0.1) is 6.61 Å². The molecular weight excluding hydrogens is 375 g/mol. The quantitative estimate of drug-likeness (QED) is 0.175. The molecule has 0 amide bonds. The topological polar surface area (TPSA) is 69.7 Å². The summed E-state index contributed by atoms with van der Waals surface area (Å²) in [4.78, 5) is 11.4. The van der Waals surface area contributed by atoms with Crippen molar-refractivity contribution in [2.24, 2.45) is 0 Å². The van der Waals surface area contributed by atoms with Gasteiger partial charge in [0.2, 0.25) is 0 Å². The van der Waals surface area contributed by atoms with Crippen molar-refractivity contribution in [2.75, 3.05) is 6.61 Å². The van der Waals surface area contributed by atoms with E-state index in [1.807, 2.05) is 0 Å². The number of rotatable bonds is 18. The molecule has 0 N–H and O–H groups in total. The molecule has 0 radical (unpaired) electrons. The fraction of sp³-hybridized carbons (Fsp3) is 0.850. The van der Waals surface area contributed by atoms with Gasteiger partial charge < -0.3 is 4.18 Å². The van der Waals surface area contributed by atoms with E-state index in [2.05, 4.69) is 27.4 Å².